The minimum Gasteiger partial charge on any atom is -0.494 e. The lowest BCUT2D eigenvalue weighted by Gasteiger charge is -2.16. The molecule has 0 aliphatic carbocycles. The van der Waals surface area contributed by atoms with E-state index in [4.69, 9.17) is 9.72 Å². The van der Waals surface area contributed by atoms with E-state index in [1.165, 1.54) is 43.5 Å². The first-order valence-corrected chi connectivity index (χ1v) is 31.1. The van der Waals surface area contributed by atoms with Crippen molar-refractivity contribution in [1.29, 1.82) is 5.26 Å². The van der Waals surface area contributed by atoms with Crippen LogP contribution in [0.4, 0.5) is 55.9 Å². The normalized spacial score (nSPS) is 12.7. The van der Waals surface area contributed by atoms with Crippen molar-refractivity contribution in [1.82, 2.24) is 9.97 Å². The van der Waals surface area contributed by atoms with Crippen LogP contribution in [0.15, 0.2) is 183 Å². The number of hydrogen-bond donors (Lipinski definition) is 7. The number of nitriles is 1. The highest BCUT2D eigenvalue weighted by atomic mass is 32.2. The average molecular weight is 1240 g/mol. The fourth-order valence-corrected chi connectivity index (χ4v) is 11.8. The number of hydrogen-bond acceptors (Lipinski definition) is 23. The van der Waals surface area contributed by atoms with Gasteiger partial charge in [0.15, 0.2) is 16.6 Å². The lowest BCUT2D eigenvalue weighted by molar-refractivity contribution is 0.416. The Morgan fingerprint density at radius 1 is 0.542 bits per heavy atom. The van der Waals surface area contributed by atoms with Gasteiger partial charge in [-0.1, -0.05) is 47.7 Å². The third kappa shape index (κ3) is 13.1. The largest absolute Gasteiger partial charge is 0.494 e. The predicted octanol–water partition coefficient (Wildman–Crippen LogP) is 12.0. The first-order valence-electron chi connectivity index (χ1n) is 23.1. The van der Waals surface area contributed by atoms with Crippen LogP contribution in [0.25, 0.3) is 32.8 Å². The Kier molecular flexibility index (Phi) is 15.9. The van der Waals surface area contributed by atoms with Crippen molar-refractivity contribution in [2.24, 2.45) is 30.7 Å². The Bertz CT molecular complexity index is 4900. The maximum atomic E-state index is 12.6. The lowest BCUT2D eigenvalue weighted by atomic mass is 10.1. The van der Waals surface area contributed by atoms with E-state index in [2.05, 4.69) is 52.4 Å². The number of fused-ring (bicyclic) bond motifs is 2. The highest BCUT2D eigenvalue weighted by molar-refractivity contribution is 7.87. The lowest BCUT2D eigenvalue weighted by Crippen LogP contribution is -2.07. The summed E-state index contributed by atoms with van der Waals surface area (Å²) in [7, 11) is -23.5. The van der Waals surface area contributed by atoms with E-state index in [0.717, 1.165) is 58.5 Å². The average Bonchev–Trinajstić information content (AvgIpc) is 2.37. The molecule has 0 aliphatic rings. The van der Waals surface area contributed by atoms with E-state index < -0.39 is 86.6 Å². The first kappa shape index (κ1) is 58.7. The third-order valence-electron chi connectivity index (χ3n) is 12.0. The summed E-state index contributed by atoms with van der Waals surface area (Å²) in [5.41, 5.74) is 1.82. The number of nitrogens with zero attached hydrogens (tertiary/aromatic N) is 9. The summed E-state index contributed by atoms with van der Waals surface area (Å²) < 4.78 is 175. The Morgan fingerprint density at radius 2 is 1.11 bits per heavy atom. The second kappa shape index (κ2) is 22.4. The number of rotatable bonds is 17. The molecule has 0 fully saturated rings. The number of nitrogens with one attached hydrogen (secondary N) is 2. The minimum atomic E-state index is -5.30. The molecule has 9 aromatic rings. The molecule has 0 amide bonds. The Hall–Kier alpha value is -8.92. The molecule has 0 saturated heterocycles. The van der Waals surface area contributed by atoms with Crippen LogP contribution < -0.4 is 15.4 Å². The molecular weight excluding hydrogens is 1200 g/mol. The maximum Gasteiger partial charge on any atom is 0.295 e. The highest BCUT2D eigenvalue weighted by Crippen LogP contribution is 2.45. The van der Waals surface area contributed by atoms with Gasteiger partial charge in [0.25, 0.3) is 50.6 Å². The minimum absolute atomic E-state index is 0.00682. The van der Waals surface area contributed by atoms with Gasteiger partial charge in [-0.05, 0) is 115 Å². The summed E-state index contributed by atoms with van der Waals surface area (Å²) in [6.07, 6.45) is 0. The highest BCUT2D eigenvalue weighted by Gasteiger charge is 2.27. The Labute approximate surface area is 475 Å². The number of aromatic nitrogens is 2. The van der Waals surface area contributed by atoms with Gasteiger partial charge in [-0.2, -0.15) is 57.6 Å². The van der Waals surface area contributed by atoms with E-state index in [1.807, 2.05) is 36.4 Å². The summed E-state index contributed by atoms with van der Waals surface area (Å²) in [5.74, 6) is 0.0162. The van der Waals surface area contributed by atoms with Crippen LogP contribution >= 0.6 is 11.3 Å². The fourth-order valence-electron chi connectivity index (χ4n) is 8.07. The van der Waals surface area contributed by atoms with Crippen molar-refractivity contribution in [3.05, 3.63) is 144 Å². The zero-order valence-corrected chi connectivity index (χ0v) is 47.2. The number of pyridine rings is 1. The van der Waals surface area contributed by atoms with E-state index in [0.29, 0.717) is 29.0 Å². The molecule has 0 radical (unpaired) electrons. The van der Waals surface area contributed by atoms with Gasteiger partial charge in [-0.25, -0.2) is 9.97 Å². The standard InChI is InChI=1S/C50H37N11O16S6/c1-26-18-41(42(77-3)24-40(26)57-56-33-20-37-38(43(21-33)82(71,72)73)22-36(81(68,69)70)23-44(37)83(74,75)76)58-60-49-46(30-9-8-28-6-4-5-7-29(28)19-30)54-50(78-49)61-59-45-27(2)39(25-51)47(52-31-10-14-34(15-11-31)79(62,63)64)55-48(45)53-32-12-16-35(17-13-32)80(65,66)67/h4-24H,1-3H3,(H2,52,53,55)(H,62,63,64)(H,65,66,67)(H,68,69,70)(H,71,72,73)(H,74,75,76). The van der Waals surface area contributed by atoms with Crippen LogP contribution in [-0.2, 0) is 50.6 Å². The third-order valence-corrected chi connectivity index (χ3v) is 17.2. The molecule has 7 aromatic carbocycles. The van der Waals surface area contributed by atoms with Crippen LogP contribution in [-0.4, -0.2) is 81.9 Å². The van der Waals surface area contributed by atoms with Crippen molar-refractivity contribution < 1.29 is 69.6 Å². The van der Waals surface area contributed by atoms with E-state index in [-0.39, 0.29) is 72.0 Å². The van der Waals surface area contributed by atoms with Crippen molar-refractivity contribution in [3.63, 3.8) is 0 Å². The SMILES string of the molecule is COc1cc(N=Nc2cc(S(=O)(=O)O)c3cc(S(=O)(=O)O)cc(S(=O)(=O)O)c3c2)c(C)cc1N=Nc1sc(N=Nc2c(Nc3ccc(S(=O)(=O)O)cc3)nc(Nc3ccc(S(=O)(=O)O)cc3)c(C#N)c2C)nc1-c1ccc2ccccc2c1. The Balaban J connectivity index is 1.11. The van der Waals surface area contributed by atoms with E-state index >= 15 is 0 Å². The molecule has 2 aromatic heterocycles. The molecule has 2 heterocycles. The number of aryl methyl sites for hydroxylation is 1. The summed E-state index contributed by atoms with van der Waals surface area (Å²) in [6, 6.07) is 30.6. The van der Waals surface area contributed by atoms with Crippen molar-refractivity contribution in [2.45, 2.75) is 38.3 Å². The topological polar surface area (TPSA) is 429 Å². The van der Waals surface area contributed by atoms with Crippen molar-refractivity contribution in [3.8, 4) is 23.1 Å². The van der Waals surface area contributed by atoms with Gasteiger partial charge >= 0.3 is 0 Å². The summed E-state index contributed by atoms with van der Waals surface area (Å²) in [5, 5.41) is 43.4. The van der Waals surface area contributed by atoms with E-state index in [9.17, 15) is 70.1 Å². The summed E-state index contributed by atoms with van der Waals surface area (Å²) in [6.45, 7) is 3.14. The van der Waals surface area contributed by atoms with Gasteiger partial charge in [-0.15, -0.1) is 20.5 Å². The monoisotopic (exact) mass is 1240 g/mol. The maximum absolute atomic E-state index is 12.6. The molecule has 0 bridgehead atoms. The second-order valence-corrected chi connectivity index (χ2v) is 25.5. The number of azo groups is 3. The number of anilines is 4. The predicted molar refractivity (Wildman–Crippen MR) is 301 cm³/mol. The Morgan fingerprint density at radius 3 is 1.69 bits per heavy atom. The van der Waals surface area contributed by atoms with Crippen LogP contribution in [0.2, 0.25) is 0 Å². The molecule has 0 spiro atoms. The number of benzene rings is 7. The van der Waals surface area contributed by atoms with Crippen molar-refractivity contribution >= 4 is 139 Å². The number of thiazole rings is 1. The first-order chi connectivity index (χ1) is 39.0. The molecular formula is C50H37N11O16S6. The fraction of sp³-hybridized carbons (Fsp3) is 0.0600. The zero-order chi connectivity index (χ0) is 60.0. The molecule has 83 heavy (non-hydrogen) atoms. The number of methoxy groups -OCH3 is 1. The smallest absolute Gasteiger partial charge is 0.295 e. The van der Waals surface area contributed by atoms with Gasteiger partial charge in [0.2, 0.25) is 5.13 Å². The quantitative estimate of drug-likeness (QED) is 0.0329. The molecule has 0 aliphatic heterocycles. The number of ether oxygens (including phenoxy) is 1. The van der Waals surface area contributed by atoms with Crippen molar-refractivity contribution in [2.75, 3.05) is 17.7 Å². The molecule has 0 unspecified atom stereocenters. The van der Waals surface area contributed by atoms with Gasteiger partial charge in [0.1, 0.15) is 38.7 Å². The van der Waals surface area contributed by atoms with Crippen LogP contribution in [0.5, 0.6) is 5.75 Å². The van der Waals surface area contributed by atoms with Gasteiger partial charge in [0, 0.05) is 39.3 Å². The van der Waals surface area contributed by atoms with Crippen LogP contribution in [0, 0.1) is 25.2 Å². The molecule has 7 N–H and O–H groups in total. The molecule has 0 saturated carbocycles. The van der Waals surface area contributed by atoms with Gasteiger partial charge in [0.05, 0.1) is 38.7 Å². The zero-order valence-electron chi connectivity index (χ0n) is 42.3. The van der Waals surface area contributed by atoms with Crippen LogP contribution in [0.1, 0.15) is 16.7 Å². The summed E-state index contributed by atoms with van der Waals surface area (Å²) >= 11 is 0.948. The molecule has 27 nitrogen and oxygen atoms in total. The molecule has 9 rings (SSSR count). The molecule has 33 heteroatoms. The molecule has 424 valence electrons. The van der Waals surface area contributed by atoms with Crippen LogP contribution in [0.3, 0.4) is 0 Å². The van der Waals surface area contributed by atoms with Gasteiger partial charge < -0.3 is 15.4 Å². The molecule has 0 atom stereocenters. The van der Waals surface area contributed by atoms with E-state index in [1.54, 1.807) is 19.9 Å². The second-order valence-electron chi connectivity index (χ2n) is 17.5. The van der Waals surface area contributed by atoms with Gasteiger partial charge in [-0.3, -0.25) is 22.8 Å². The summed E-state index contributed by atoms with van der Waals surface area (Å²) in [4.78, 5) is 5.33.